The standard InChI is InChI=1S/2C8H7N5O2.C4H6O4/c2*1-6-9-10-11-12(6)7-2-4-8(5-3-7)13(14)15;5-3(6)1-2-4(7)8/h2*2-5H,1H3;1-2H2,(H,5,6)(H,7,8). The van der Waals surface area contributed by atoms with Gasteiger partial charge in [0, 0.05) is 24.3 Å². The van der Waals surface area contributed by atoms with Crippen LogP contribution >= 0.6 is 0 Å². The lowest BCUT2D eigenvalue weighted by Gasteiger charge is -1.99. The lowest BCUT2D eigenvalue weighted by molar-refractivity contribution is -0.385. The highest BCUT2D eigenvalue weighted by Gasteiger charge is 2.08. The molecule has 2 N–H and O–H groups in total. The number of hydrogen-bond donors (Lipinski definition) is 2. The summed E-state index contributed by atoms with van der Waals surface area (Å²) in [5, 5.41) is 58.5. The number of nitro groups is 2. The second-order valence-electron chi connectivity index (χ2n) is 7.11. The molecule has 0 aliphatic heterocycles. The highest BCUT2D eigenvalue weighted by molar-refractivity contribution is 5.75. The van der Waals surface area contributed by atoms with Gasteiger partial charge < -0.3 is 10.2 Å². The minimum atomic E-state index is -1.08. The zero-order valence-corrected chi connectivity index (χ0v) is 19.8. The summed E-state index contributed by atoms with van der Waals surface area (Å²) in [6, 6.07) is 12.0. The van der Waals surface area contributed by atoms with E-state index in [1.165, 1.54) is 33.6 Å². The molecule has 38 heavy (non-hydrogen) atoms. The summed E-state index contributed by atoms with van der Waals surface area (Å²) < 4.78 is 3.01. The molecule has 4 rings (SSSR count). The number of carboxylic acids is 2. The number of non-ortho nitro benzene ring substituents is 2. The van der Waals surface area contributed by atoms with E-state index in [-0.39, 0.29) is 24.2 Å². The summed E-state index contributed by atoms with van der Waals surface area (Å²) in [5.41, 5.74) is 1.49. The zero-order chi connectivity index (χ0) is 28.2. The first kappa shape index (κ1) is 28.6. The van der Waals surface area contributed by atoms with Crippen molar-refractivity contribution in [3.8, 4) is 11.4 Å². The maximum Gasteiger partial charge on any atom is 0.303 e. The van der Waals surface area contributed by atoms with Crippen molar-refractivity contribution in [2.75, 3.05) is 0 Å². The number of carbonyl (C=O) groups is 2. The number of aromatic nitrogens is 8. The van der Waals surface area contributed by atoms with E-state index in [2.05, 4.69) is 31.1 Å². The van der Waals surface area contributed by atoms with Gasteiger partial charge >= 0.3 is 11.9 Å². The molecule has 0 spiro atoms. The fourth-order valence-corrected chi connectivity index (χ4v) is 2.59. The van der Waals surface area contributed by atoms with Gasteiger partial charge in [0.2, 0.25) is 0 Å². The quantitative estimate of drug-likeness (QED) is 0.256. The van der Waals surface area contributed by atoms with Gasteiger partial charge in [0.05, 0.1) is 34.1 Å². The fraction of sp³-hybridized carbons (Fsp3) is 0.200. The molecule has 0 saturated heterocycles. The zero-order valence-electron chi connectivity index (χ0n) is 19.8. The summed E-state index contributed by atoms with van der Waals surface area (Å²) in [6.45, 7) is 3.50. The van der Waals surface area contributed by atoms with Gasteiger partial charge in [0.25, 0.3) is 11.4 Å². The summed E-state index contributed by atoms with van der Waals surface area (Å²) in [4.78, 5) is 39.2. The number of aryl methyl sites for hydroxylation is 2. The Morgan fingerprint density at radius 1 is 0.711 bits per heavy atom. The van der Waals surface area contributed by atoms with Gasteiger partial charge in [-0.15, -0.1) is 10.2 Å². The highest BCUT2D eigenvalue weighted by atomic mass is 16.6. The van der Waals surface area contributed by atoms with E-state index in [0.717, 1.165) is 0 Å². The molecule has 0 bridgehead atoms. The average molecular weight is 528 g/mol. The van der Waals surface area contributed by atoms with E-state index in [4.69, 9.17) is 10.2 Å². The molecule has 0 saturated carbocycles. The van der Waals surface area contributed by atoms with Crippen LogP contribution in [0.4, 0.5) is 11.4 Å². The lowest BCUT2D eigenvalue weighted by atomic mass is 10.3. The predicted molar refractivity (Wildman–Crippen MR) is 126 cm³/mol. The van der Waals surface area contributed by atoms with E-state index < -0.39 is 21.8 Å². The molecule has 0 atom stereocenters. The van der Waals surface area contributed by atoms with Crippen LogP contribution in [0.1, 0.15) is 24.5 Å². The molecule has 18 nitrogen and oxygen atoms in total. The van der Waals surface area contributed by atoms with Crippen molar-refractivity contribution >= 4 is 23.3 Å². The molecule has 2 aromatic heterocycles. The Morgan fingerprint density at radius 2 is 1.03 bits per heavy atom. The molecule has 18 heteroatoms. The number of benzene rings is 2. The topological polar surface area (TPSA) is 248 Å². The minimum absolute atomic E-state index is 0.0458. The third-order valence-electron chi connectivity index (χ3n) is 4.41. The van der Waals surface area contributed by atoms with Crippen LogP contribution in [-0.2, 0) is 9.59 Å². The Hall–Kier alpha value is -5.68. The first-order chi connectivity index (χ1) is 18.0. The van der Waals surface area contributed by atoms with Gasteiger partial charge in [0.1, 0.15) is 0 Å². The van der Waals surface area contributed by atoms with Crippen LogP contribution in [0.5, 0.6) is 0 Å². The Balaban J connectivity index is 0.000000211. The summed E-state index contributed by atoms with van der Waals surface area (Å²) >= 11 is 0. The number of hydrogen-bond acceptors (Lipinski definition) is 12. The summed E-state index contributed by atoms with van der Waals surface area (Å²) in [5.74, 6) is -0.896. The van der Waals surface area contributed by atoms with Crippen LogP contribution in [0.3, 0.4) is 0 Å². The Bertz CT molecular complexity index is 1290. The summed E-state index contributed by atoms with van der Waals surface area (Å²) in [7, 11) is 0. The van der Waals surface area contributed by atoms with Gasteiger partial charge in [-0.05, 0) is 59.0 Å². The molecule has 4 aromatic rings. The monoisotopic (exact) mass is 528 g/mol. The first-order valence-corrected chi connectivity index (χ1v) is 10.4. The molecule has 0 aliphatic carbocycles. The minimum Gasteiger partial charge on any atom is -0.481 e. The van der Waals surface area contributed by atoms with E-state index in [9.17, 15) is 29.8 Å². The maximum atomic E-state index is 10.4. The van der Waals surface area contributed by atoms with Crippen LogP contribution < -0.4 is 0 Å². The molecule has 0 aliphatic rings. The fourth-order valence-electron chi connectivity index (χ4n) is 2.59. The second kappa shape index (κ2) is 13.4. The number of nitro benzene ring substituents is 2. The highest BCUT2D eigenvalue weighted by Crippen LogP contribution is 2.15. The molecule has 0 radical (unpaired) electrons. The van der Waals surface area contributed by atoms with Gasteiger partial charge in [-0.3, -0.25) is 29.8 Å². The molecule has 2 heterocycles. The van der Waals surface area contributed by atoms with Gasteiger partial charge in [-0.2, -0.15) is 9.36 Å². The molecular formula is C20H20N10O8. The third-order valence-corrected chi connectivity index (χ3v) is 4.41. The average Bonchev–Trinajstić information content (AvgIpc) is 3.51. The Morgan fingerprint density at radius 3 is 1.24 bits per heavy atom. The second-order valence-corrected chi connectivity index (χ2v) is 7.11. The van der Waals surface area contributed by atoms with Crippen molar-refractivity contribution in [3.05, 3.63) is 80.4 Å². The Kier molecular flexibility index (Phi) is 10.1. The van der Waals surface area contributed by atoms with Crippen LogP contribution in [0, 0.1) is 34.1 Å². The van der Waals surface area contributed by atoms with Crippen molar-refractivity contribution in [1.29, 1.82) is 0 Å². The van der Waals surface area contributed by atoms with Gasteiger partial charge in [-0.25, -0.2) is 0 Å². The Labute approximate surface area is 212 Å². The summed E-state index contributed by atoms with van der Waals surface area (Å²) in [6.07, 6.45) is -0.593. The molecule has 2 aromatic carbocycles. The van der Waals surface area contributed by atoms with Crippen LogP contribution in [0.15, 0.2) is 48.5 Å². The van der Waals surface area contributed by atoms with Crippen LogP contribution in [0.2, 0.25) is 0 Å². The van der Waals surface area contributed by atoms with Crippen molar-refractivity contribution in [1.82, 2.24) is 40.4 Å². The third kappa shape index (κ3) is 8.52. The number of tetrazole rings is 2. The van der Waals surface area contributed by atoms with Gasteiger partial charge in [-0.1, -0.05) is 0 Å². The van der Waals surface area contributed by atoms with E-state index >= 15 is 0 Å². The van der Waals surface area contributed by atoms with Crippen molar-refractivity contribution in [2.24, 2.45) is 0 Å². The molecule has 0 fully saturated rings. The normalized spacial score (nSPS) is 9.84. The van der Waals surface area contributed by atoms with Crippen molar-refractivity contribution < 1.29 is 29.6 Å². The van der Waals surface area contributed by atoms with E-state index in [0.29, 0.717) is 23.0 Å². The molecule has 0 unspecified atom stereocenters. The molecule has 0 amide bonds. The van der Waals surface area contributed by atoms with E-state index in [1.807, 2.05) is 0 Å². The van der Waals surface area contributed by atoms with E-state index in [1.54, 1.807) is 38.1 Å². The number of nitrogens with zero attached hydrogens (tertiary/aromatic N) is 10. The largest absolute Gasteiger partial charge is 0.481 e. The van der Waals surface area contributed by atoms with Crippen molar-refractivity contribution in [3.63, 3.8) is 0 Å². The predicted octanol–water partition coefficient (Wildman–Crippen LogP) is 1.69. The smallest absolute Gasteiger partial charge is 0.303 e. The maximum absolute atomic E-state index is 10.4. The van der Waals surface area contributed by atoms with Gasteiger partial charge in [0.15, 0.2) is 11.6 Å². The number of carboxylic acid groups (broad SMARTS) is 2. The lowest BCUT2D eigenvalue weighted by Crippen LogP contribution is -2.00. The molecular weight excluding hydrogens is 508 g/mol. The molecule has 198 valence electrons. The van der Waals surface area contributed by atoms with Crippen LogP contribution in [0.25, 0.3) is 11.4 Å². The van der Waals surface area contributed by atoms with Crippen LogP contribution in [-0.4, -0.2) is 72.4 Å². The number of rotatable bonds is 7. The number of aliphatic carboxylic acids is 2. The first-order valence-electron chi connectivity index (χ1n) is 10.4. The van der Waals surface area contributed by atoms with Crippen molar-refractivity contribution in [2.45, 2.75) is 26.7 Å². The SMILES string of the molecule is Cc1nnnn1-c1ccc([N+](=O)[O-])cc1.Cc1nnnn1-c1ccc([N+](=O)[O-])cc1.O=C(O)CCC(=O)O.